The van der Waals surface area contributed by atoms with Gasteiger partial charge in [-0.2, -0.15) is 0 Å². The molecule has 2 aliphatic heterocycles. The Morgan fingerprint density at radius 1 is 1.32 bits per heavy atom. The zero-order chi connectivity index (χ0) is 17.2. The van der Waals surface area contributed by atoms with Crippen molar-refractivity contribution >= 4 is 28.6 Å². The molecule has 2 saturated heterocycles. The van der Waals surface area contributed by atoms with E-state index < -0.39 is 6.04 Å². The summed E-state index contributed by atoms with van der Waals surface area (Å²) in [5.41, 5.74) is 2.12. The van der Waals surface area contributed by atoms with Crippen LogP contribution < -0.4 is 10.6 Å². The molecule has 2 fully saturated rings. The molecule has 0 bridgehead atoms. The van der Waals surface area contributed by atoms with E-state index >= 15 is 0 Å². The van der Waals surface area contributed by atoms with Crippen molar-refractivity contribution in [1.29, 1.82) is 0 Å². The van der Waals surface area contributed by atoms with Gasteiger partial charge in [-0.3, -0.25) is 14.5 Å². The van der Waals surface area contributed by atoms with E-state index in [4.69, 9.17) is 4.42 Å². The van der Waals surface area contributed by atoms with Crippen LogP contribution in [0.2, 0.25) is 0 Å². The summed E-state index contributed by atoms with van der Waals surface area (Å²) in [7, 11) is 0. The summed E-state index contributed by atoms with van der Waals surface area (Å²) in [4.78, 5) is 30.6. The number of fused-ring (bicyclic) bond motifs is 1. The largest absolute Gasteiger partial charge is 0.439 e. The number of aromatic nitrogens is 1. The molecule has 2 aromatic rings. The average molecular weight is 342 g/mol. The van der Waals surface area contributed by atoms with Crippen molar-refractivity contribution in [3.63, 3.8) is 0 Å². The molecule has 0 radical (unpaired) electrons. The number of nitrogens with zero attached hydrogens (tertiary/aromatic N) is 2. The number of rotatable bonds is 4. The van der Waals surface area contributed by atoms with Crippen molar-refractivity contribution in [2.24, 2.45) is 0 Å². The number of hydrogen-bond donors (Lipinski definition) is 2. The highest BCUT2D eigenvalue weighted by atomic mass is 16.3. The molecule has 7 nitrogen and oxygen atoms in total. The lowest BCUT2D eigenvalue weighted by molar-refractivity contribution is -0.128. The second-order valence-electron chi connectivity index (χ2n) is 6.77. The third kappa shape index (κ3) is 3.66. The van der Waals surface area contributed by atoms with Crippen LogP contribution in [0.25, 0.3) is 11.1 Å². The summed E-state index contributed by atoms with van der Waals surface area (Å²) in [5, 5.41) is 5.59. The first kappa shape index (κ1) is 16.1. The van der Waals surface area contributed by atoms with Gasteiger partial charge < -0.3 is 15.1 Å². The fraction of sp³-hybridized carbons (Fsp3) is 0.500. The number of carbonyl (C=O) groups excluding carboxylic acids is 2. The molecule has 7 heteroatoms. The Morgan fingerprint density at radius 2 is 2.16 bits per heavy atom. The first-order valence-electron chi connectivity index (χ1n) is 8.89. The maximum atomic E-state index is 12.3. The molecule has 1 aromatic carbocycles. The van der Waals surface area contributed by atoms with Gasteiger partial charge in [0.05, 0.1) is 6.54 Å². The maximum absolute atomic E-state index is 12.3. The van der Waals surface area contributed by atoms with Crippen LogP contribution in [0.4, 0.5) is 5.69 Å². The quantitative estimate of drug-likeness (QED) is 0.888. The monoisotopic (exact) mass is 342 g/mol. The number of nitrogens with one attached hydrogen (secondary N) is 2. The Hall–Kier alpha value is -2.41. The van der Waals surface area contributed by atoms with E-state index in [9.17, 15) is 9.59 Å². The summed E-state index contributed by atoms with van der Waals surface area (Å²) in [6.07, 6.45) is 4.37. The minimum atomic E-state index is -0.458. The molecule has 2 amide bonds. The topological polar surface area (TPSA) is 87.5 Å². The van der Waals surface area contributed by atoms with Crippen LogP contribution in [0.1, 0.15) is 38.0 Å². The van der Waals surface area contributed by atoms with Gasteiger partial charge in [-0.15, -0.1) is 0 Å². The van der Waals surface area contributed by atoms with Gasteiger partial charge >= 0.3 is 0 Å². The van der Waals surface area contributed by atoms with Crippen LogP contribution in [-0.4, -0.2) is 40.8 Å². The molecule has 0 saturated carbocycles. The van der Waals surface area contributed by atoms with E-state index in [1.54, 1.807) is 6.07 Å². The van der Waals surface area contributed by atoms with Gasteiger partial charge in [0, 0.05) is 12.1 Å². The first-order chi connectivity index (χ1) is 12.2. The average Bonchev–Trinajstić information content (AvgIpc) is 3.24. The number of benzene rings is 1. The maximum Gasteiger partial charge on any atom is 0.246 e. The number of carbonyl (C=O) groups is 2. The lowest BCUT2D eigenvalue weighted by Gasteiger charge is -2.22. The van der Waals surface area contributed by atoms with Crippen LogP contribution in [0.15, 0.2) is 22.6 Å². The van der Waals surface area contributed by atoms with Gasteiger partial charge in [-0.1, -0.05) is 0 Å². The first-order valence-corrected chi connectivity index (χ1v) is 8.89. The number of oxazole rings is 1. The van der Waals surface area contributed by atoms with Crippen LogP contribution in [-0.2, 0) is 16.1 Å². The number of likely N-dealkylation sites (tertiary alicyclic amines) is 1. The molecular formula is C18H22N4O3. The van der Waals surface area contributed by atoms with Gasteiger partial charge in [0.15, 0.2) is 5.58 Å². The highest BCUT2D eigenvalue weighted by Crippen LogP contribution is 2.22. The molecule has 132 valence electrons. The van der Waals surface area contributed by atoms with Crippen LogP contribution >= 0.6 is 0 Å². The van der Waals surface area contributed by atoms with E-state index in [0.717, 1.165) is 37.2 Å². The van der Waals surface area contributed by atoms with E-state index in [2.05, 4.69) is 20.5 Å². The fourth-order valence-electron chi connectivity index (χ4n) is 3.48. The third-order valence-corrected chi connectivity index (χ3v) is 4.81. The predicted octanol–water partition coefficient (Wildman–Crippen LogP) is 2.03. The van der Waals surface area contributed by atoms with Crippen molar-refractivity contribution in [2.45, 2.75) is 44.7 Å². The third-order valence-electron chi connectivity index (χ3n) is 4.81. The van der Waals surface area contributed by atoms with Crippen molar-refractivity contribution < 1.29 is 14.0 Å². The predicted molar refractivity (Wildman–Crippen MR) is 92.9 cm³/mol. The van der Waals surface area contributed by atoms with Gasteiger partial charge in [-0.05, 0) is 57.0 Å². The molecule has 4 rings (SSSR count). The van der Waals surface area contributed by atoms with E-state index in [1.807, 2.05) is 12.1 Å². The van der Waals surface area contributed by atoms with E-state index in [-0.39, 0.29) is 11.8 Å². The molecule has 2 N–H and O–H groups in total. The molecule has 1 unspecified atom stereocenters. The zero-order valence-electron chi connectivity index (χ0n) is 14.1. The Labute approximate surface area is 145 Å². The number of amides is 2. The molecule has 1 aromatic heterocycles. The van der Waals surface area contributed by atoms with Gasteiger partial charge in [0.2, 0.25) is 17.7 Å². The van der Waals surface area contributed by atoms with Gasteiger partial charge in [0.25, 0.3) is 0 Å². The SMILES string of the molecule is O=C1CCCC(C(=O)Nc2ccc3oc(CN4CCCC4)nc3c2)N1. The number of hydrogen-bond acceptors (Lipinski definition) is 5. The zero-order valence-corrected chi connectivity index (χ0v) is 14.1. The van der Waals surface area contributed by atoms with Gasteiger partial charge in [-0.25, -0.2) is 4.98 Å². The lowest BCUT2D eigenvalue weighted by atomic mass is 10.0. The number of piperidine rings is 1. The van der Waals surface area contributed by atoms with E-state index in [1.165, 1.54) is 12.8 Å². The highest BCUT2D eigenvalue weighted by molar-refractivity contribution is 5.98. The minimum absolute atomic E-state index is 0.0649. The van der Waals surface area contributed by atoms with Crippen molar-refractivity contribution in [2.75, 3.05) is 18.4 Å². The van der Waals surface area contributed by atoms with Crippen molar-refractivity contribution in [1.82, 2.24) is 15.2 Å². The van der Waals surface area contributed by atoms with Crippen LogP contribution in [0.5, 0.6) is 0 Å². The summed E-state index contributed by atoms with van der Waals surface area (Å²) in [6, 6.07) is 4.98. The Balaban J connectivity index is 1.45. The number of anilines is 1. The standard InChI is InChI=1S/C18H22N4O3/c23-16-5-3-4-13(20-16)18(24)19-12-6-7-15-14(10-12)21-17(25-15)11-22-8-1-2-9-22/h6-7,10,13H,1-5,8-9,11H2,(H,19,24)(H,20,23). The molecule has 2 aliphatic rings. The Morgan fingerprint density at radius 3 is 2.96 bits per heavy atom. The Bertz CT molecular complexity index is 795. The molecule has 3 heterocycles. The van der Waals surface area contributed by atoms with Crippen molar-refractivity contribution in [3.8, 4) is 0 Å². The smallest absolute Gasteiger partial charge is 0.246 e. The normalized spacial score (nSPS) is 21.4. The van der Waals surface area contributed by atoms with Gasteiger partial charge in [0.1, 0.15) is 11.6 Å². The molecule has 1 atom stereocenters. The second kappa shape index (κ2) is 6.84. The van der Waals surface area contributed by atoms with Crippen LogP contribution in [0.3, 0.4) is 0 Å². The summed E-state index contributed by atoms with van der Waals surface area (Å²) in [5.74, 6) is 0.456. The molecular weight excluding hydrogens is 320 g/mol. The molecule has 0 aliphatic carbocycles. The van der Waals surface area contributed by atoms with Crippen LogP contribution in [0, 0.1) is 0 Å². The summed E-state index contributed by atoms with van der Waals surface area (Å²) >= 11 is 0. The second-order valence-corrected chi connectivity index (χ2v) is 6.77. The van der Waals surface area contributed by atoms with E-state index in [0.29, 0.717) is 24.4 Å². The molecule has 25 heavy (non-hydrogen) atoms. The minimum Gasteiger partial charge on any atom is -0.439 e. The lowest BCUT2D eigenvalue weighted by Crippen LogP contribution is -2.46. The van der Waals surface area contributed by atoms with Crippen molar-refractivity contribution in [3.05, 3.63) is 24.1 Å². The highest BCUT2D eigenvalue weighted by Gasteiger charge is 2.24. The summed E-state index contributed by atoms with van der Waals surface area (Å²) < 4.78 is 5.80. The fourth-order valence-corrected chi connectivity index (χ4v) is 3.48. The Kier molecular flexibility index (Phi) is 4.40. The summed E-state index contributed by atoms with van der Waals surface area (Å²) in [6.45, 7) is 2.91. The molecule has 0 spiro atoms.